The molecule has 0 aromatic heterocycles. The fraction of sp³-hybridized carbons (Fsp3) is 0.455. The van der Waals surface area contributed by atoms with E-state index in [-0.39, 0.29) is 11.0 Å². The van der Waals surface area contributed by atoms with Gasteiger partial charge in [0, 0.05) is 16.1 Å². The molecule has 1 nitrogen and oxygen atoms in total. The Balaban J connectivity index is 3.26. The summed E-state index contributed by atoms with van der Waals surface area (Å²) in [5, 5.41) is 0. The van der Waals surface area contributed by atoms with Crippen LogP contribution >= 0.6 is 15.9 Å². The lowest BCUT2D eigenvalue weighted by molar-refractivity contribution is 0.310. The molecule has 0 saturated carbocycles. The first-order valence-electron chi connectivity index (χ1n) is 4.63. The Morgan fingerprint density at radius 1 is 1.20 bits per heavy atom. The maximum absolute atomic E-state index is 13.5. The second kappa shape index (κ2) is 4.18. The van der Waals surface area contributed by atoms with Gasteiger partial charge in [-0.05, 0) is 17.5 Å². The topological polar surface area (TPSA) is 26.0 Å². The van der Waals surface area contributed by atoms with Gasteiger partial charge in [0.15, 0.2) is 0 Å². The van der Waals surface area contributed by atoms with Gasteiger partial charge < -0.3 is 5.73 Å². The van der Waals surface area contributed by atoms with E-state index in [1.54, 1.807) is 0 Å². The van der Waals surface area contributed by atoms with Gasteiger partial charge in [-0.2, -0.15) is 0 Å². The van der Waals surface area contributed by atoms with Crippen molar-refractivity contribution in [1.82, 2.24) is 0 Å². The zero-order chi connectivity index (χ0) is 11.8. The van der Waals surface area contributed by atoms with Gasteiger partial charge in [-0.3, -0.25) is 0 Å². The maximum atomic E-state index is 13.5. The third kappa shape index (κ3) is 2.75. The zero-order valence-corrected chi connectivity index (χ0v) is 10.5. The number of nitrogens with two attached hydrogens (primary N) is 1. The van der Waals surface area contributed by atoms with Gasteiger partial charge in [-0.15, -0.1) is 0 Å². The van der Waals surface area contributed by atoms with Crippen LogP contribution in [0.15, 0.2) is 16.6 Å². The molecule has 4 heteroatoms. The van der Waals surface area contributed by atoms with Crippen molar-refractivity contribution >= 4 is 15.9 Å². The largest absolute Gasteiger partial charge is 0.323 e. The normalized spacial score (nSPS) is 14.1. The molecule has 0 aliphatic heterocycles. The van der Waals surface area contributed by atoms with E-state index in [0.29, 0.717) is 4.47 Å². The van der Waals surface area contributed by atoms with Gasteiger partial charge in [0.05, 0.1) is 0 Å². The van der Waals surface area contributed by atoms with Crippen LogP contribution in [-0.4, -0.2) is 0 Å². The highest BCUT2D eigenvalue weighted by atomic mass is 79.9. The maximum Gasteiger partial charge on any atom is 0.132 e. The molecule has 1 aromatic rings. The molecule has 1 rings (SSSR count). The zero-order valence-electron chi connectivity index (χ0n) is 8.94. The number of hydrogen-bond donors (Lipinski definition) is 1. The van der Waals surface area contributed by atoms with Crippen LogP contribution in [-0.2, 0) is 0 Å². The van der Waals surface area contributed by atoms with Crippen LogP contribution in [0.2, 0.25) is 0 Å². The Labute approximate surface area is 96.8 Å². The first-order valence-corrected chi connectivity index (χ1v) is 5.43. The van der Waals surface area contributed by atoms with E-state index in [1.165, 1.54) is 12.1 Å². The minimum absolute atomic E-state index is 0.0503. The summed E-state index contributed by atoms with van der Waals surface area (Å²) >= 11 is 3.03. The van der Waals surface area contributed by atoms with E-state index in [9.17, 15) is 8.78 Å². The van der Waals surface area contributed by atoms with E-state index < -0.39 is 17.7 Å². The van der Waals surface area contributed by atoms with Crippen molar-refractivity contribution < 1.29 is 8.78 Å². The Morgan fingerprint density at radius 2 is 1.60 bits per heavy atom. The van der Waals surface area contributed by atoms with E-state index in [2.05, 4.69) is 15.9 Å². The molecule has 15 heavy (non-hydrogen) atoms. The lowest BCUT2D eigenvalue weighted by Crippen LogP contribution is -2.28. The van der Waals surface area contributed by atoms with Crippen LogP contribution < -0.4 is 5.73 Å². The Kier molecular flexibility index (Phi) is 3.51. The van der Waals surface area contributed by atoms with Crippen LogP contribution in [0.4, 0.5) is 8.78 Å². The summed E-state index contributed by atoms with van der Waals surface area (Å²) in [5.74, 6) is -1.21. The first-order chi connectivity index (χ1) is 6.73. The summed E-state index contributed by atoms with van der Waals surface area (Å²) in [5.41, 5.74) is 5.40. The Bertz CT molecular complexity index is 348. The van der Waals surface area contributed by atoms with Crippen molar-refractivity contribution in [1.29, 1.82) is 0 Å². The highest BCUT2D eigenvalue weighted by molar-refractivity contribution is 9.10. The van der Waals surface area contributed by atoms with E-state index in [4.69, 9.17) is 5.73 Å². The fourth-order valence-corrected chi connectivity index (χ4v) is 1.69. The molecule has 0 radical (unpaired) electrons. The predicted molar refractivity (Wildman–Crippen MR) is 60.4 cm³/mol. The molecule has 84 valence electrons. The molecular weight excluding hydrogens is 264 g/mol. The summed E-state index contributed by atoms with van der Waals surface area (Å²) in [7, 11) is 0. The molecule has 1 aromatic carbocycles. The molecule has 0 fully saturated rings. The van der Waals surface area contributed by atoms with Crippen LogP contribution in [0.3, 0.4) is 0 Å². The second-order valence-corrected chi connectivity index (χ2v) is 5.54. The lowest BCUT2D eigenvalue weighted by Gasteiger charge is -2.28. The molecule has 2 N–H and O–H groups in total. The highest BCUT2D eigenvalue weighted by Gasteiger charge is 2.27. The van der Waals surface area contributed by atoms with Crippen molar-refractivity contribution in [2.45, 2.75) is 26.8 Å². The van der Waals surface area contributed by atoms with Crippen molar-refractivity contribution in [3.63, 3.8) is 0 Å². The Morgan fingerprint density at radius 3 is 1.93 bits per heavy atom. The molecule has 0 spiro atoms. The summed E-state index contributed by atoms with van der Waals surface area (Å²) in [4.78, 5) is 0. The van der Waals surface area contributed by atoms with Crippen LogP contribution in [0.1, 0.15) is 32.4 Å². The molecule has 0 amide bonds. The molecule has 1 atom stereocenters. The van der Waals surface area contributed by atoms with Gasteiger partial charge in [0.1, 0.15) is 11.6 Å². The van der Waals surface area contributed by atoms with Crippen molar-refractivity contribution in [3.8, 4) is 0 Å². The molecule has 0 aliphatic carbocycles. The first kappa shape index (κ1) is 12.6. The third-order valence-electron chi connectivity index (χ3n) is 2.29. The number of benzene rings is 1. The second-order valence-electron chi connectivity index (χ2n) is 4.63. The minimum Gasteiger partial charge on any atom is -0.323 e. The number of hydrogen-bond acceptors (Lipinski definition) is 1. The molecule has 0 aliphatic rings. The summed E-state index contributed by atoms with van der Waals surface area (Å²) in [6.45, 7) is 5.54. The van der Waals surface area contributed by atoms with Crippen molar-refractivity contribution in [2.24, 2.45) is 11.1 Å². The number of halogens is 3. The van der Waals surface area contributed by atoms with Gasteiger partial charge in [-0.25, -0.2) is 8.78 Å². The molecule has 0 unspecified atom stereocenters. The van der Waals surface area contributed by atoms with Gasteiger partial charge in [0.25, 0.3) is 0 Å². The third-order valence-corrected chi connectivity index (χ3v) is 2.75. The highest BCUT2D eigenvalue weighted by Crippen LogP contribution is 2.34. The molecule has 0 saturated heterocycles. The van der Waals surface area contributed by atoms with Crippen molar-refractivity contribution in [2.75, 3.05) is 0 Å². The fourth-order valence-electron chi connectivity index (χ4n) is 1.28. The Hall–Kier alpha value is -0.480. The smallest absolute Gasteiger partial charge is 0.132 e. The van der Waals surface area contributed by atoms with Crippen LogP contribution in [0.25, 0.3) is 0 Å². The van der Waals surface area contributed by atoms with Crippen LogP contribution in [0, 0.1) is 17.0 Å². The lowest BCUT2D eigenvalue weighted by atomic mass is 9.82. The molecule has 0 bridgehead atoms. The van der Waals surface area contributed by atoms with Crippen LogP contribution in [0.5, 0.6) is 0 Å². The molecule has 0 heterocycles. The standard InChI is InChI=1S/C11H14BrF2N/c1-11(2,3)10(15)9-7(13)4-6(12)5-8(9)14/h4-5,10H,15H2,1-3H3/t10-/m1/s1. The minimum atomic E-state index is -0.661. The summed E-state index contributed by atoms with van der Waals surface area (Å²) in [6.07, 6.45) is 0. The molecular formula is C11H14BrF2N. The summed E-state index contributed by atoms with van der Waals surface area (Å²) in [6, 6.07) is 1.79. The van der Waals surface area contributed by atoms with E-state index >= 15 is 0 Å². The quantitative estimate of drug-likeness (QED) is 0.831. The SMILES string of the molecule is CC(C)(C)[C@H](N)c1c(F)cc(Br)cc1F. The number of rotatable bonds is 1. The average Bonchev–Trinajstić information content (AvgIpc) is 1.99. The predicted octanol–water partition coefficient (Wildman–Crippen LogP) is 3.77. The van der Waals surface area contributed by atoms with Gasteiger partial charge in [0.2, 0.25) is 0 Å². The van der Waals surface area contributed by atoms with Gasteiger partial charge in [-0.1, -0.05) is 36.7 Å². The summed E-state index contributed by atoms with van der Waals surface area (Å²) < 4.78 is 27.5. The van der Waals surface area contributed by atoms with E-state index in [0.717, 1.165) is 0 Å². The van der Waals surface area contributed by atoms with Gasteiger partial charge >= 0.3 is 0 Å². The van der Waals surface area contributed by atoms with E-state index in [1.807, 2.05) is 20.8 Å². The average molecular weight is 278 g/mol. The van der Waals surface area contributed by atoms with Crippen molar-refractivity contribution in [3.05, 3.63) is 33.8 Å². The monoisotopic (exact) mass is 277 g/mol.